The van der Waals surface area contributed by atoms with Gasteiger partial charge < -0.3 is 20.6 Å². The highest BCUT2D eigenvalue weighted by Gasteiger charge is 2.31. The quantitative estimate of drug-likeness (QED) is 0.428. The van der Waals surface area contributed by atoms with Crippen LogP contribution in [0.5, 0.6) is 0 Å². The predicted octanol–water partition coefficient (Wildman–Crippen LogP) is 3.20. The monoisotopic (exact) mass is 414 g/mol. The van der Waals surface area contributed by atoms with E-state index in [1.807, 2.05) is 17.0 Å². The molecule has 1 aromatic carbocycles. The van der Waals surface area contributed by atoms with Crippen molar-refractivity contribution in [1.29, 1.82) is 0 Å². The lowest BCUT2D eigenvalue weighted by Crippen LogP contribution is -2.45. The molecule has 30 heavy (non-hydrogen) atoms. The molecule has 6 nitrogen and oxygen atoms in total. The van der Waals surface area contributed by atoms with E-state index in [-0.39, 0.29) is 17.9 Å². The number of aliphatic hydroxyl groups excluding tert-OH is 1. The van der Waals surface area contributed by atoms with Crippen LogP contribution in [0.3, 0.4) is 0 Å². The number of guanidine groups is 1. The molecule has 0 bridgehead atoms. The first kappa shape index (κ1) is 22.6. The third-order valence-corrected chi connectivity index (χ3v) is 6.59. The summed E-state index contributed by atoms with van der Waals surface area (Å²) in [7, 11) is 0. The molecule has 1 aliphatic carbocycles. The Bertz CT molecular complexity index is 707. The van der Waals surface area contributed by atoms with Crippen molar-refractivity contribution in [3.63, 3.8) is 0 Å². The molecule has 0 radical (unpaired) electrons. The summed E-state index contributed by atoms with van der Waals surface area (Å²) < 4.78 is 0. The van der Waals surface area contributed by atoms with Crippen LogP contribution in [0.2, 0.25) is 0 Å². The van der Waals surface area contributed by atoms with Crippen LogP contribution >= 0.6 is 0 Å². The Morgan fingerprint density at radius 3 is 2.57 bits per heavy atom. The van der Waals surface area contributed by atoms with Crippen molar-refractivity contribution >= 4 is 11.9 Å². The number of likely N-dealkylation sites (tertiary alicyclic amines) is 1. The number of rotatable bonds is 9. The molecule has 1 saturated heterocycles. The van der Waals surface area contributed by atoms with Gasteiger partial charge in [-0.15, -0.1) is 0 Å². The van der Waals surface area contributed by atoms with Crippen LogP contribution < -0.4 is 10.6 Å². The highest BCUT2D eigenvalue weighted by Crippen LogP contribution is 2.38. The molecule has 2 aliphatic rings. The molecule has 0 spiro atoms. The van der Waals surface area contributed by atoms with E-state index in [1.165, 1.54) is 37.7 Å². The van der Waals surface area contributed by atoms with Crippen LogP contribution in [0.25, 0.3) is 0 Å². The number of hydrogen-bond donors (Lipinski definition) is 3. The lowest BCUT2D eigenvalue weighted by molar-refractivity contribution is -0.128. The summed E-state index contributed by atoms with van der Waals surface area (Å²) in [6, 6.07) is 8.29. The van der Waals surface area contributed by atoms with Crippen LogP contribution in [-0.2, 0) is 17.9 Å². The largest absolute Gasteiger partial charge is 0.396 e. The lowest BCUT2D eigenvalue weighted by Gasteiger charge is -2.37. The number of amides is 1. The molecule has 3 N–H and O–H groups in total. The molecule has 6 heteroatoms. The van der Waals surface area contributed by atoms with Crippen LogP contribution in [0.15, 0.2) is 29.3 Å². The Labute approximate surface area is 181 Å². The average molecular weight is 415 g/mol. The Hall–Kier alpha value is -2.08. The van der Waals surface area contributed by atoms with Crippen molar-refractivity contribution in [1.82, 2.24) is 15.5 Å². The number of aliphatic imine (C=N–C) groups is 1. The van der Waals surface area contributed by atoms with Gasteiger partial charge in [0, 0.05) is 39.2 Å². The zero-order valence-corrected chi connectivity index (χ0v) is 18.5. The van der Waals surface area contributed by atoms with Crippen molar-refractivity contribution in [2.45, 2.75) is 71.4 Å². The first-order chi connectivity index (χ1) is 14.7. The Kier molecular flexibility index (Phi) is 8.55. The molecule has 1 heterocycles. The van der Waals surface area contributed by atoms with E-state index in [0.29, 0.717) is 19.5 Å². The van der Waals surface area contributed by atoms with Gasteiger partial charge in [-0.2, -0.15) is 0 Å². The van der Waals surface area contributed by atoms with Crippen molar-refractivity contribution in [3.05, 3.63) is 35.4 Å². The third-order valence-electron chi connectivity index (χ3n) is 6.59. The number of benzene rings is 1. The number of aliphatic hydroxyl groups is 1. The zero-order valence-electron chi connectivity index (χ0n) is 18.5. The summed E-state index contributed by atoms with van der Waals surface area (Å²) in [5.74, 6) is 1.08. The molecule has 1 aliphatic heterocycles. The minimum absolute atomic E-state index is 0.178. The summed E-state index contributed by atoms with van der Waals surface area (Å²) in [4.78, 5) is 18.8. The van der Waals surface area contributed by atoms with Crippen LogP contribution in [0, 0.1) is 5.41 Å². The first-order valence-corrected chi connectivity index (χ1v) is 11.6. The highest BCUT2D eigenvalue weighted by atomic mass is 16.3. The second-order valence-corrected chi connectivity index (χ2v) is 8.77. The van der Waals surface area contributed by atoms with Crippen molar-refractivity contribution in [2.75, 3.05) is 26.2 Å². The van der Waals surface area contributed by atoms with Gasteiger partial charge in [-0.1, -0.05) is 43.5 Å². The third kappa shape index (κ3) is 6.21. The second kappa shape index (κ2) is 11.3. The number of nitrogens with one attached hydrogen (secondary N) is 2. The number of hydrogen-bond acceptors (Lipinski definition) is 3. The minimum Gasteiger partial charge on any atom is -0.396 e. The molecule has 1 amide bonds. The van der Waals surface area contributed by atoms with E-state index < -0.39 is 0 Å². The van der Waals surface area contributed by atoms with Crippen molar-refractivity contribution in [3.8, 4) is 0 Å². The van der Waals surface area contributed by atoms with Gasteiger partial charge in [0.15, 0.2) is 5.96 Å². The normalized spacial score (nSPS) is 19.2. The molecule has 2 fully saturated rings. The van der Waals surface area contributed by atoms with E-state index >= 15 is 0 Å². The summed E-state index contributed by atoms with van der Waals surface area (Å²) in [6.45, 7) is 6.10. The Morgan fingerprint density at radius 1 is 1.13 bits per heavy atom. The van der Waals surface area contributed by atoms with Crippen LogP contribution in [0.4, 0.5) is 0 Å². The zero-order chi connectivity index (χ0) is 21.2. The van der Waals surface area contributed by atoms with Crippen molar-refractivity contribution < 1.29 is 9.90 Å². The highest BCUT2D eigenvalue weighted by molar-refractivity contribution is 5.80. The van der Waals surface area contributed by atoms with E-state index in [9.17, 15) is 9.90 Å². The molecule has 0 unspecified atom stereocenters. The molecule has 0 atom stereocenters. The number of nitrogens with zero attached hydrogens (tertiary/aromatic N) is 2. The van der Waals surface area contributed by atoms with Gasteiger partial charge >= 0.3 is 0 Å². The predicted molar refractivity (Wildman–Crippen MR) is 121 cm³/mol. The van der Waals surface area contributed by atoms with E-state index in [1.54, 1.807) is 0 Å². The number of carbonyl (C=O) groups excluding carboxylic acids is 1. The van der Waals surface area contributed by atoms with Crippen LogP contribution in [0.1, 0.15) is 69.4 Å². The van der Waals surface area contributed by atoms with Crippen LogP contribution in [-0.4, -0.2) is 48.1 Å². The SMILES string of the molecule is CCNC(=NCc1ccccc1CN1CCCC1=O)NCC1(CCO)CCCCC1. The van der Waals surface area contributed by atoms with Gasteiger partial charge in [-0.05, 0) is 49.1 Å². The van der Waals surface area contributed by atoms with E-state index in [4.69, 9.17) is 4.99 Å². The summed E-state index contributed by atoms with van der Waals surface area (Å²) in [6.07, 6.45) is 8.63. The second-order valence-electron chi connectivity index (χ2n) is 8.77. The number of carbonyl (C=O) groups is 1. The molecule has 1 aromatic rings. The maximum atomic E-state index is 12.0. The fourth-order valence-corrected chi connectivity index (χ4v) is 4.77. The lowest BCUT2D eigenvalue weighted by atomic mass is 9.72. The average Bonchev–Trinajstić information content (AvgIpc) is 3.16. The summed E-state index contributed by atoms with van der Waals surface area (Å²) >= 11 is 0. The van der Waals surface area contributed by atoms with E-state index in [0.717, 1.165) is 44.0 Å². The molecule has 0 aromatic heterocycles. The maximum Gasteiger partial charge on any atom is 0.222 e. The fourth-order valence-electron chi connectivity index (χ4n) is 4.77. The van der Waals surface area contributed by atoms with Gasteiger partial charge in [0.1, 0.15) is 0 Å². The van der Waals surface area contributed by atoms with Gasteiger partial charge in [-0.25, -0.2) is 4.99 Å². The molecule has 166 valence electrons. The molecular formula is C24H38N4O2. The van der Waals surface area contributed by atoms with Gasteiger partial charge in [0.25, 0.3) is 0 Å². The smallest absolute Gasteiger partial charge is 0.222 e. The standard InChI is InChI=1S/C24H38N4O2/c1-2-25-23(27-19-24(14-16-29)12-6-3-7-13-24)26-17-20-9-4-5-10-21(20)18-28-15-8-11-22(28)30/h4-5,9-10,29H,2-3,6-8,11-19H2,1H3,(H2,25,26,27). The summed E-state index contributed by atoms with van der Waals surface area (Å²) in [5.41, 5.74) is 2.52. The fraction of sp³-hybridized carbons (Fsp3) is 0.667. The van der Waals surface area contributed by atoms with E-state index in [2.05, 4.69) is 29.7 Å². The van der Waals surface area contributed by atoms with Crippen molar-refractivity contribution in [2.24, 2.45) is 10.4 Å². The molecular weight excluding hydrogens is 376 g/mol. The van der Waals surface area contributed by atoms with Gasteiger partial charge in [-0.3, -0.25) is 4.79 Å². The van der Waals surface area contributed by atoms with Gasteiger partial charge in [0.05, 0.1) is 6.54 Å². The minimum atomic E-state index is 0.178. The van der Waals surface area contributed by atoms with Gasteiger partial charge in [0.2, 0.25) is 5.91 Å². The Morgan fingerprint density at radius 2 is 1.90 bits per heavy atom. The molecule has 1 saturated carbocycles. The first-order valence-electron chi connectivity index (χ1n) is 11.6. The maximum absolute atomic E-state index is 12.0. The molecule has 3 rings (SSSR count). The Balaban J connectivity index is 1.65. The topological polar surface area (TPSA) is 77.0 Å². The summed E-state index contributed by atoms with van der Waals surface area (Å²) in [5, 5.41) is 16.5.